The summed E-state index contributed by atoms with van der Waals surface area (Å²) in [4.78, 5) is 0. The molecule has 0 radical (unpaired) electrons. The highest BCUT2D eigenvalue weighted by Gasteiger charge is 2.11. The Kier molecular flexibility index (Phi) is 17.6. The summed E-state index contributed by atoms with van der Waals surface area (Å²) in [5.41, 5.74) is 0. The van der Waals surface area contributed by atoms with Gasteiger partial charge in [-0.3, -0.25) is 0 Å². The third kappa shape index (κ3) is 60.1. The van der Waals surface area contributed by atoms with Crippen LogP contribution < -0.4 is 0 Å². The molecular formula is C8H22O6. The van der Waals surface area contributed by atoms with Gasteiger partial charge in [-0.1, -0.05) is 13.8 Å². The Morgan fingerprint density at radius 2 is 1.14 bits per heavy atom. The van der Waals surface area contributed by atoms with Crippen molar-refractivity contribution in [3.63, 3.8) is 0 Å². The highest BCUT2D eigenvalue weighted by Crippen LogP contribution is 1.95. The lowest BCUT2D eigenvalue weighted by Gasteiger charge is -2.08. The molecule has 0 amide bonds. The molecule has 6 N–H and O–H groups in total. The quantitative estimate of drug-likeness (QED) is 0.319. The zero-order valence-electron chi connectivity index (χ0n) is 8.88. The van der Waals surface area contributed by atoms with Gasteiger partial charge in [0.1, 0.15) is 0 Å². The van der Waals surface area contributed by atoms with Gasteiger partial charge in [0.15, 0.2) is 6.29 Å². The summed E-state index contributed by atoms with van der Waals surface area (Å²) in [7, 11) is 0. The topological polar surface area (TPSA) is 121 Å². The van der Waals surface area contributed by atoms with E-state index in [1.807, 2.05) is 0 Å². The van der Waals surface area contributed by atoms with Gasteiger partial charge in [0, 0.05) is 13.0 Å². The maximum absolute atomic E-state index is 7.94. The van der Waals surface area contributed by atoms with Crippen molar-refractivity contribution in [1.82, 2.24) is 0 Å². The number of hydrogen-bond acceptors (Lipinski definition) is 6. The second kappa shape index (κ2) is 12.8. The summed E-state index contributed by atoms with van der Waals surface area (Å²) >= 11 is 0. The molecule has 0 aromatic rings. The molecule has 6 nitrogen and oxygen atoms in total. The summed E-state index contributed by atoms with van der Waals surface area (Å²) in [6, 6.07) is 0. The van der Waals surface area contributed by atoms with Gasteiger partial charge in [-0.25, -0.2) is 0 Å². The van der Waals surface area contributed by atoms with Gasteiger partial charge in [0.05, 0.1) is 0 Å². The van der Waals surface area contributed by atoms with E-state index in [-0.39, 0.29) is 13.0 Å². The van der Waals surface area contributed by atoms with Crippen molar-refractivity contribution in [2.24, 2.45) is 0 Å². The van der Waals surface area contributed by atoms with Gasteiger partial charge in [0.25, 0.3) is 5.97 Å². The molecule has 0 atom stereocenters. The van der Waals surface area contributed by atoms with Crippen LogP contribution in [-0.4, -0.2) is 49.5 Å². The summed E-state index contributed by atoms with van der Waals surface area (Å²) in [5.74, 6) is -2.46. The van der Waals surface area contributed by atoms with E-state index in [4.69, 9.17) is 30.6 Å². The molecule has 0 rings (SSSR count). The van der Waals surface area contributed by atoms with Crippen molar-refractivity contribution in [2.75, 3.05) is 6.61 Å². The van der Waals surface area contributed by atoms with Gasteiger partial charge in [-0.05, 0) is 13.3 Å². The van der Waals surface area contributed by atoms with Crippen LogP contribution in [0.1, 0.15) is 33.6 Å². The smallest absolute Gasteiger partial charge is 0.274 e. The molecule has 0 aromatic heterocycles. The average Bonchev–Trinajstić information content (AvgIpc) is 2.06. The van der Waals surface area contributed by atoms with Gasteiger partial charge < -0.3 is 30.6 Å². The third-order valence-corrected chi connectivity index (χ3v) is 0.839. The first-order valence-corrected chi connectivity index (χ1v) is 4.39. The van der Waals surface area contributed by atoms with Crippen molar-refractivity contribution in [1.29, 1.82) is 0 Å². The molecule has 0 aliphatic rings. The lowest BCUT2D eigenvalue weighted by molar-refractivity contribution is -0.312. The Labute approximate surface area is 84.1 Å². The van der Waals surface area contributed by atoms with Crippen molar-refractivity contribution in [2.45, 2.75) is 45.9 Å². The Morgan fingerprint density at radius 1 is 1.00 bits per heavy atom. The Hall–Kier alpha value is -0.240. The molecule has 0 bridgehead atoms. The van der Waals surface area contributed by atoms with E-state index in [0.29, 0.717) is 6.42 Å². The third-order valence-electron chi connectivity index (χ3n) is 0.839. The second-order valence-electron chi connectivity index (χ2n) is 2.33. The standard InChI is InChI=1S/C3H8O3.C3H8O2.C2H6O/c1-2-3(4,5)6;1-2-3(4)5;1-2-3/h4-6H,2H2,1H3;3-5H,2H2,1H3;3H,2H2,1H3. The molecule has 0 spiro atoms. The molecule has 0 heterocycles. The van der Waals surface area contributed by atoms with E-state index in [1.54, 1.807) is 13.8 Å². The lowest BCUT2D eigenvalue weighted by Crippen LogP contribution is -2.24. The van der Waals surface area contributed by atoms with Crippen LogP contribution in [0.5, 0.6) is 0 Å². The molecule has 0 aromatic carbocycles. The first kappa shape index (κ1) is 19.4. The van der Waals surface area contributed by atoms with Crippen LogP contribution in [0.25, 0.3) is 0 Å². The summed E-state index contributed by atoms with van der Waals surface area (Å²) in [5, 5.41) is 47.2. The fraction of sp³-hybridized carbons (Fsp3) is 1.00. The first-order valence-electron chi connectivity index (χ1n) is 4.39. The summed E-state index contributed by atoms with van der Waals surface area (Å²) in [6.45, 7) is 5.09. The lowest BCUT2D eigenvalue weighted by atomic mass is 10.4. The van der Waals surface area contributed by atoms with E-state index in [2.05, 4.69) is 0 Å². The molecule has 0 unspecified atom stereocenters. The van der Waals surface area contributed by atoms with Crippen LogP contribution in [0, 0.1) is 0 Å². The van der Waals surface area contributed by atoms with Crippen molar-refractivity contribution in [3.05, 3.63) is 0 Å². The monoisotopic (exact) mass is 214 g/mol. The SMILES string of the molecule is CCC(O)(O)O.CCC(O)O.CCO. The highest BCUT2D eigenvalue weighted by molar-refractivity contribution is 4.35. The largest absolute Gasteiger partial charge is 0.397 e. The number of hydrogen-bond donors (Lipinski definition) is 6. The van der Waals surface area contributed by atoms with Gasteiger partial charge in [0.2, 0.25) is 0 Å². The minimum Gasteiger partial charge on any atom is -0.397 e. The van der Waals surface area contributed by atoms with E-state index >= 15 is 0 Å². The predicted molar refractivity (Wildman–Crippen MR) is 51.0 cm³/mol. The van der Waals surface area contributed by atoms with E-state index in [0.717, 1.165) is 0 Å². The fourth-order valence-electron chi connectivity index (χ4n) is 0. The Morgan fingerprint density at radius 3 is 1.14 bits per heavy atom. The molecule has 0 fully saturated rings. The zero-order chi connectivity index (χ0) is 12.2. The Bertz CT molecular complexity index is 88.3. The van der Waals surface area contributed by atoms with Crippen LogP contribution in [0.2, 0.25) is 0 Å². The highest BCUT2D eigenvalue weighted by atomic mass is 16.7. The van der Waals surface area contributed by atoms with Gasteiger partial charge in [-0.15, -0.1) is 0 Å². The number of aliphatic hydroxyl groups is 6. The summed E-state index contributed by atoms with van der Waals surface area (Å²) in [6.07, 6.45) is -0.762. The molecule has 90 valence electrons. The van der Waals surface area contributed by atoms with E-state index < -0.39 is 12.3 Å². The van der Waals surface area contributed by atoms with Crippen molar-refractivity contribution >= 4 is 0 Å². The number of aliphatic hydroxyl groups excluding tert-OH is 2. The van der Waals surface area contributed by atoms with Crippen LogP contribution >= 0.6 is 0 Å². The van der Waals surface area contributed by atoms with Crippen LogP contribution in [-0.2, 0) is 0 Å². The molecular weight excluding hydrogens is 192 g/mol. The zero-order valence-corrected chi connectivity index (χ0v) is 8.88. The maximum atomic E-state index is 7.94. The average molecular weight is 214 g/mol. The van der Waals surface area contributed by atoms with Crippen molar-refractivity contribution in [3.8, 4) is 0 Å². The van der Waals surface area contributed by atoms with E-state index in [9.17, 15) is 0 Å². The predicted octanol–water partition coefficient (Wildman–Crippen LogP) is -1.27. The molecule has 14 heavy (non-hydrogen) atoms. The Balaban J connectivity index is -0.000000138. The molecule has 6 heteroatoms. The minimum absolute atomic E-state index is 0.0625. The number of rotatable bonds is 2. The van der Waals surface area contributed by atoms with E-state index in [1.165, 1.54) is 6.92 Å². The summed E-state index contributed by atoms with van der Waals surface area (Å²) < 4.78 is 0. The van der Waals surface area contributed by atoms with Crippen LogP contribution in [0.15, 0.2) is 0 Å². The second-order valence-corrected chi connectivity index (χ2v) is 2.33. The molecule has 0 saturated heterocycles. The molecule has 0 aliphatic carbocycles. The van der Waals surface area contributed by atoms with Crippen LogP contribution in [0.4, 0.5) is 0 Å². The van der Waals surface area contributed by atoms with Crippen molar-refractivity contribution < 1.29 is 30.6 Å². The van der Waals surface area contributed by atoms with Crippen LogP contribution in [0.3, 0.4) is 0 Å². The minimum atomic E-state index is -2.46. The molecule has 0 saturated carbocycles. The fourth-order valence-corrected chi connectivity index (χ4v) is 0. The normalized spacial score (nSPS) is 9.86. The van der Waals surface area contributed by atoms with Gasteiger partial charge >= 0.3 is 0 Å². The molecule has 0 aliphatic heterocycles. The maximum Gasteiger partial charge on any atom is 0.274 e. The van der Waals surface area contributed by atoms with Gasteiger partial charge in [-0.2, -0.15) is 0 Å². The first-order chi connectivity index (χ1) is 6.24.